The third-order valence-electron chi connectivity index (χ3n) is 3.27. The van der Waals surface area contributed by atoms with Crippen molar-refractivity contribution in [2.24, 2.45) is 0 Å². The smallest absolute Gasteiger partial charge is 0.254 e. The molecule has 2 aliphatic rings. The molecule has 2 unspecified atom stereocenters. The highest BCUT2D eigenvalue weighted by atomic mass is 16.5. The summed E-state index contributed by atoms with van der Waals surface area (Å²) in [6.45, 7) is 4.32. The summed E-state index contributed by atoms with van der Waals surface area (Å²) in [6, 6.07) is 0.192. The summed E-state index contributed by atoms with van der Waals surface area (Å²) in [7, 11) is 0. The molecule has 4 nitrogen and oxygen atoms in total. The summed E-state index contributed by atoms with van der Waals surface area (Å²) in [5.41, 5.74) is -1.26. The van der Waals surface area contributed by atoms with Crippen molar-refractivity contribution in [3.63, 3.8) is 0 Å². The van der Waals surface area contributed by atoms with Crippen LogP contribution in [0.1, 0.15) is 33.1 Å². The van der Waals surface area contributed by atoms with E-state index in [1.807, 2.05) is 0 Å². The molecule has 1 aliphatic carbocycles. The van der Waals surface area contributed by atoms with Crippen molar-refractivity contribution >= 4 is 5.91 Å². The number of nitrogens with zero attached hydrogens (tertiary/aromatic N) is 1. The molecule has 0 spiro atoms. The highest BCUT2D eigenvalue weighted by Gasteiger charge is 2.41. The Morgan fingerprint density at radius 3 is 2.87 bits per heavy atom. The Balaban J connectivity index is 2.11. The fourth-order valence-corrected chi connectivity index (χ4v) is 2.53. The van der Waals surface area contributed by atoms with Crippen LogP contribution in [0.3, 0.4) is 0 Å². The summed E-state index contributed by atoms with van der Waals surface area (Å²) in [5.74, 6) is -0.164. The molecule has 0 aromatic heterocycles. The largest absolute Gasteiger partial charge is 0.381 e. The number of fused-ring (bicyclic) bond motifs is 1. The van der Waals surface area contributed by atoms with E-state index in [4.69, 9.17) is 4.74 Å². The summed E-state index contributed by atoms with van der Waals surface area (Å²) >= 11 is 0. The van der Waals surface area contributed by atoms with Gasteiger partial charge in [0.15, 0.2) is 0 Å². The van der Waals surface area contributed by atoms with Crippen molar-refractivity contribution < 1.29 is 14.6 Å². The van der Waals surface area contributed by atoms with Gasteiger partial charge in [-0.3, -0.25) is 4.79 Å². The van der Waals surface area contributed by atoms with E-state index in [1.54, 1.807) is 18.7 Å². The molecule has 1 heterocycles. The summed E-state index contributed by atoms with van der Waals surface area (Å²) in [4.78, 5) is 13.8. The van der Waals surface area contributed by atoms with E-state index in [2.05, 4.69) is 0 Å². The molecule has 0 radical (unpaired) electrons. The zero-order valence-corrected chi connectivity index (χ0v) is 9.40. The number of carbonyl (C=O) groups is 1. The molecule has 0 bridgehead atoms. The van der Waals surface area contributed by atoms with Crippen LogP contribution in [-0.2, 0) is 9.53 Å². The van der Waals surface area contributed by atoms with Gasteiger partial charge in [-0.15, -0.1) is 0 Å². The van der Waals surface area contributed by atoms with Gasteiger partial charge < -0.3 is 14.7 Å². The number of aliphatic hydroxyl groups is 1. The maximum atomic E-state index is 12.0. The van der Waals surface area contributed by atoms with E-state index in [9.17, 15) is 9.90 Å². The summed E-state index contributed by atoms with van der Waals surface area (Å²) in [6.07, 6.45) is 3.36. The van der Waals surface area contributed by atoms with Gasteiger partial charge in [-0.05, 0) is 33.1 Å². The predicted octanol–water partition coefficient (Wildman–Crippen LogP) is 0.537. The van der Waals surface area contributed by atoms with Crippen LogP contribution in [0.25, 0.3) is 0 Å². The molecule has 2 atom stereocenters. The van der Waals surface area contributed by atoms with E-state index in [0.717, 1.165) is 19.3 Å². The van der Waals surface area contributed by atoms with Crippen LogP contribution in [0.2, 0.25) is 0 Å². The SMILES string of the molecule is CC(C)(O)C(=O)N1CCOC2CCCC21. The van der Waals surface area contributed by atoms with E-state index < -0.39 is 5.60 Å². The lowest BCUT2D eigenvalue weighted by Crippen LogP contribution is -2.56. The number of carbonyl (C=O) groups excluding carboxylic acids is 1. The fraction of sp³-hybridized carbons (Fsp3) is 0.909. The van der Waals surface area contributed by atoms with Gasteiger partial charge in [0.1, 0.15) is 5.60 Å². The molecule has 2 fully saturated rings. The normalized spacial score (nSPS) is 31.5. The number of hydrogen-bond acceptors (Lipinski definition) is 3. The number of amides is 1. The summed E-state index contributed by atoms with van der Waals surface area (Å²) < 4.78 is 5.62. The molecule has 1 aliphatic heterocycles. The quantitative estimate of drug-likeness (QED) is 0.691. The molecule has 1 N–H and O–H groups in total. The first-order valence-corrected chi connectivity index (χ1v) is 5.65. The van der Waals surface area contributed by atoms with Crippen molar-refractivity contribution in [2.75, 3.05) is 13.2 Å². The standard InChI is InChI=1S/C11H19NO3/c1-11(2,14)10(13)12-6-7-15-9-5-3-4-8(9)12/h8-9,14H,3-7H2,1-2H3. The molecular weight excluding hydrogens is 194 g/mol. The van der Waals surface area contributed by atoms with Crippen LogP contribution >= 0.6 is 0 Å². The number of rotatable bonds is 1. The third kappa shape index (κ3) is 2.01. The van der Waals surface area contributed by atoms with Gasteiger partial charge in [0, 0.05) is 6.54 Å². The zero-order valence-electron chi connectivity index (χ0n) is 9.40. The Labute approximate surface area is 90.2 Å². The molecule has 1 saturated carbocycles. The molecule has 0 aromatic rings. The molecule has 86 valence electrons. The molecule has 0 aromatic carbocycles. The van der Waals surface area contributed by atoms with Crippen LogP contribution < -0.4 is 0 Å². The Morgan fingerprint density at radius 1 is 1.47 bits per heavy atom. The number of morpholine rings is 1. The monoisotopic (exact) mass is 213 g/mol. The van der Waals surface area contributed by atoms with Gasteiger partial charge in [0.2, 0.25) is 0 Å². The number of ether oxygens (including phenoxy) is 1. The predicted molar refractivity (Wildman–Crippen MR) is 55.4 cm³/mol. The van der Waals surface area contributed by atoms with E-state index in [0.29, 0.717) is 13.2 Å². The Morgan fingerprint density at radius 2 is 2.20 bits per heavy atom. The van der Waals surface area contributed by atoms with Crippen LogP contribution in [0.5, 0.6) is 0 Å². The van der Waals surface area contributed by atoms with Gasteiger partial charge in [-0.1, -0.05) is 0 Å². The van der Waals surface area contributed by atoms with E-state index in [-0.39, 0.29) is 18.1 Å². The maximum Gasteiger partial charge on any atom is 0.254 e. The topological polar surface area (TPSA) is 49.8 Å². The van der Waals surface area contributed by atoms with Crippen LogP contribution in [0.4, 0.5) is 0 Å². The van der Waals surface area contributed by atoms with Crippen molar-refractivity contribution in [1.82, 2.24) is 4.90 Å². The minimum atomic E-state index is -1.26. The fourth-order valence-electron chi connectivity index (χ4n) is 2.53. The van der Waals surface area contributed by atoms with Gasteiger partial charge in [0.05, 0.1) is 18.8 Å². The van der Waals surface area contributed by atoms with Crippen molar-refractivity contribution in [3.8, 4) is 0 Å². The van der Waals surface area contributed by atoms with Crippen LogP contribution in [0.15, 0.2) is 0 Å². The minimum Gasteiger partial charge on any atom is -0.381 e. The van der Waals surface area contributed by atoms with Gasteiger partial charge in [-0.2, -0.15) is 0 Å². The van der Waals surface area contributed by atoms with Crippen molar-refractivity contribution in [3.05, 3.63) is 0 Å². The van der Waals surface area contributed by atoms with Gasteiger partial charge >= 0.3 is 0 Å². The Kier molecular flexibility index (Phi) is 2.73. The van der Waals surface area contributed by atoms with E-state index in [1.165, 1.54) is 0 Å². The molecule has 15 heavy (non-hydrogen) atoms. The highest BCUT2D eigenvalue weighted by molar-refractivity contribution is 5.84. The lowest BCUT2D eigenvalue weighted by atomic mass is 10.0. The minimum absolute atomic E-state index is 0.164. The second-order valence-corrected chi connectivity index (χ2v) is 4.97. The molecule has 1 amide bonds. The Bertz CT molecular complexity index is 259. The average Bonchev–Trinajstić information content (AvgIpc) is 2.62. The molecular formula is C11H19NO3. The van der Waals surface area contributed by atoms with Gasteiger partial charge in [-0.25, -0.2) is 0 Å². The average molecular weight is 213 g/mol. The molecule has 1 saturated heterocycles. The lowest BCUT2D eigenvalue weighted by molar-refractivity contribution is -0.160. The van der Waals surface area contributed by atoms with Crippen molar-refractivity contribution in [2.45, 2.75) is 50.9 Å². The molecule has 4 heteroatoms. The Hall–Kier alpha value is -0.610. The highest BCUT2D eigenvalue weighted by Crippen LogP contribution is 2.30. The van der Waals surface area contributed by atoms with E-state index >= 15 is 0 Å². The van der Waals surface area contributed by atoms with Crippen LogP contribution in [0, 0.1) is 0 Å². The van der Waals surface area contributed by atoms with Crippen LogP contribution in [-0.4, -0.2) is 46.8 Å². The van der Waals surface area contributed by atoms with Crippen molar-refractivity contribution in [1.29, 1.82) is 0 Å². The lowest BCUT2D eigenvalue weighted by Gasteiger charge is -2.40. The van der Waals surface area contributed by atoms with Gasteiger partial charge in [0.25, 0.3) is 5.91 Å². The second-order valence-electron chi connectivity index (χ2n) is 4.97. The first kappa shape index (κ1) is 10.9. The second kappa shape index (κ2) is 3.76. The first-order valence-electron chi connectivity index (χ1n) is 5.65. The summed E-state index contributed by atoms with van der Waals surface area (Å²) in [5, 5.41) is 9.73. The number of hydrogen-bond donors (Lipinski definition) is 1. The maximum absolute atomic E-state index is 12.0. The third-order valence-corrected chi connectivity index (χ3v) is 3.27. The zero-order chi connectivity index (χ0) is 11.1. The molecule has 2 rings (SSSR count). The first-order chi connectivity index (χ1) is 7.00.